The van der Waals surface area contributed by atoms with Crippen molar-refractivity contribution in [3.63, 3.8) is 0 Å². The predicted molar refractivity (Wildman–Crippen MR) is 81.2 cm³/mol. The Morgan fingerprint density at radius 3 is 2.24 bits per heavy atom. The summed E-state index contributed by atoms with van der Waals surface area (Å²) >= 11 is 0. The molecule has 1 aromatic rings. The molecule has 21 heavy (non-hydrogen) atoms. The summed E-state index contributed by atoms with van der Waals surface area (Å²) in [6.45, 7) is 3.46. The van der Waals surface area contributed by atoms with Gasteiger partial charge in [-0.2, -0.15) is 0 Å². The summed E-state index contributed by atoms with van der Waals surface area (Å²) in [5.41, 5.74) is 6.75. The molecule has 0 spiro atoms. The maximum absolute atomic E-state index is 12.1. The summed E-state index contributed by atoms with van der Waals surface area (Å²) < 4.78 is 0. The summed E-state index contributed by atoms with van der Waals surface area (Å²) in [6, 6.07) is 9.32. The van der Waals surface area contributed by atoms with E-state index in [1.54, 1.807) is 19.9 Å². The number of benzene rings is 1. The van der Waals surface area contributed by atoms with Crippen molar-refractivity contribution in [2.24, 2.45) is 11.7 Å². The van der Waals surface area contributed by atoms with Gasteiger partial charge in [0.05, 0.1) is 16.8 Å². The highest BCUT2D eigenvalue weighted by atomic mass is 16.3. The van der Waals surface area contributed by atoms with Crippen molar-refractivity contribution in [3.8, 4) is 0 Å². The van der Waals surface area contributed by atoms with Crippen molar-refractivity contribution in [1.82, 2.24) is 0 Å². The van der Waals surface area contributed by atoms with Crippen LogP contribution < -0.4 is 5.73 Å². The van der Waals surface area contributed by atoms with Crippen LogP contribution in [0.15, 0.2) is 59.0 Å². The van der Waals surface area contributed by atoms with Crippen molar-refractivity contribution < 1.29 is 14.7 Å². The fourth-order valence-electron chi connectivity index (χ4n) is 2.19. The van der Waals surface area contributed by atoms with Gasteiger partial charge in [-0.05, 0) is 17.6 Å². The number of ketones is 2. The van der Waals surface area contributed by atoms with Crippen LogP contribution in [0.5, 0.6) is 0 Å². The molecule has 4 heteroatoms. The first-order valence-corrected chi connectivity index (χ1v) is 6.69. The van der Waals surface area contributed by atoms with E-state index in [0.29, 0.717) is 0 Å². The molecule has 0 amide bonds. The first-order valence-electron chi connectivity index (χ1n) is 6.69. The molecular formula is C17H17NO3. The standard InChI is InChI=1S/C17H17NO3/c1-10(2)13-16(20)14(18)12(15(19)17(13)21)9-8-11-6-4-3-5-7-11/h3-10,20H,18H2,1-2H3. The Bertz CT molecular complexity index is 679. The van der Waals surface area contributed by atoms with Gasteiger partial charge in [-0.25, -0.2) is 0 Å². The van der Waals surface area contributed by atoms with Crippen LogP contribution >= 0.6 is 0 Å². The number of nitrogens with two attached hydrogens (primary N) is 1. The van der Waals surface area contributed by atoms with E-state index in [9.17, 15) is 14.7 Å². The molecule has 0 heterocycles. The lowest BCUT2D eigenvalue weighted by Gasteiger charge is -2.19. The van der Waals surface area contributed by atoms with E-state index < -0.39 is 11.6 Å². The molecule has 0 unspecified atom stereocenters. The Morgan fingerprint density at radius 2 is 1.67 bits per heavy atom. The maximum atomic E-state index is 12.1. The third-order valence-electron chi connectivity index (χ3n) is 3.32. The van der Waals surface area contributed by atoms with Gasteiger partial charge >= 0.3 is 0 Å². The molecule has 1 aliphatic rings. The van der Waals surface area contributed by atoms with Gasteiger partial charge in [-0.1, -0.05) is 50.3 Å². The first kappa shape index (κ1) is 14.8. The Labute approximate surface area is 123 Å². The van der Waals surface area contributed by atoms with Gasteiger partial charge in [0.15, 0.2) is 0 Å². The van der Waals surface area contributed by atoms with Crippen LogP contribution in [-0.4, -0.2) is 16.7 Å². The third kappa shape index (κ3) is 2.79. The number of hydrogen-bond acceptors (Lipinski definition) is 4. The zero-order valence-corrected chi connectivity index (χ0v) is 12.0. The molecule has 108 valence electrons. The van der Waals surface area contributed by atoms with Crippen LogP contribution in [-0.2, 0) is 9.59 Å². The second kappa shape index (κ2) is 5.79. The number of aliphatic hydroxyl groups is 1. The zero-order valence-electron chi connectivity index (χ0n) is 12.0. The van der Waals surface area contributed by atoms with Gasteiger partial charge in [-0.3, -0.25) is 9.59 Å². The number of Topliss-reactive ketones (excluding diaryl/α,β-unsaturated/α-hetero) is 2. The van der Waals surface area contributed by atoms with Crippen molar-refractivity contribution in [2.75, 3.05) is 0 Å². The maximum Gasteiger partial charge on any atom is 0.235 e. The molecular weight excluding hydrogens is 266 g/mol. The molecule has 2 rings (SSSR count). The van der Waals surface area contributed by atoms with Crippen LogP contribution in [0, 0.1) is 5.92 Å². The molecule has 0 saturated heterocycles. The monoisotopic (exact) mass is 283 g/mol. The fourth-order valence-corrected chi connectivity index (χ4v) is 2.19. The highest BCUT2D eigenvalue weighted by molar-refractivity contribution is 6.51. The largest absolute Gasteiger partial charge is 0.505 e. The van der Waals surface area contributed by atoms with Crippen LogP contribution in [0.1, 0.15) is 19.4 Å². The van der Waals surface area contributed by atoms with Gasteiger partial charge < -0.3 is 10.8 Å². The molecule has 1 aromatic carbocycles. The van der Waals surface area contributed by atoms with Crippen LogP contribution in [0.4, 0.5) is 0 Å². The highest BCUT2D eigenvalue weighted by Crippen LogP contribution is 2.27. The van der Waals surface area contributed by atoms with Gasteiger partial charge in [0, 0.05) is 0 Å². The van der Waals surface area contributed by atoms with Crippen LogP contribution in [0.25, 0.3) is 6.08 Å². The van der Waals surface area contributed by atoms with E-state index in [-0.39, 0.29) is 28.5 Å². The molecule has 0 radical (unpaired) electrons. The zero-order chi connectivity index (χ0) is 15.6. The van der Waals surface area contributed by atoms with E-state index in [1.165, 1.54) is 6.08 Å². The summed E-state index contributed by atoms with van der Waals surface area (Å²) in [6.07, 6.45) is 3.15. The fraction of sp³-hybridized carbons (Fsp3) is 0.176. The Kier molecular flexibility index (Phi) is 4.08. The molecule has 3 N–H and O–H groups in total. The normalized spacial score (nSPS) is 16.5. The van der Waals surface area contributed by atoms with E-state index in [0.717, 1.165) is 5.56 Å². The smallest absolute Gasteiger partial charge is 0.235 e. The minimum absolute atomic E-state index is 0.0331. The minimum Gasteiger partial charge on any atom is -0.505 e. The highest BCUT2D eigenvalue weighted by Gasteiger charge is 2.34. The van der Waals surface area contributed by atoms with Gasteiger partial charge in [0.1, 0.15) is 5.76 Å². The molecule has 0 bridgehead atoms. The van der Waals surface area contributed by atoms with Gasteiger partial charge in [-0.15, -0.1) is 0 Å². The van der Waals surface area contributed by atoms with Crippen molar-refractivity contribution in [2.45, 2.75) is 13.8 Å². The second-order valence-electron chi connectivity index (χ2n) is 5.15. The molecule has 1 aliphatic carbocycles. The average molecular weight is 283 g/mol. The summed E-state index contributed by atoms with van der Waals surface area (Å²) in [7, 11) is 0. The number of hydrogen-bond donors (Lipinski definition) is 2. The van der Waals surface area contributed by atoms with E-state index >= 15 is 0 Å². The molecule has 0 fully saturated rings. The second-order valence-corrected chi connectivity index (χ2v) is 5.15. The lowest BCUT2D eigenvalue weighted by molar-refractivity contribution is -0.132. The van der Waals surface area contributed by atoms with Crippen molar-refractivity contribution >= 4 is 17.6 Å². The molecule has 0 aliphatic heterocycles. The number of allylic oxidation sites excluding steroid dienone is 3. The molecule has 4 nitrogen and oxygen atoms in total. The quantitative estimate of drug-likeness (QED) is 0.660. The average Bonchev–Trinajstić information content (AvgIpc) is 2.46. The SMILES string of the molecule is CC(C)C1=C(O)C(N)=C(C=Cc2ccccc2)C(=O)C1=O. The summed E-state index contributed by atoms with van der Waals surface area (Å²) in [4.78, 5) is 24.2. The summed E-state index contributed by atoms with van der Waals surface area (Å²) in [5, 5.41) is 10.1. The van der Waals surface area contributed by atoms with E-state index in [1.807, 2.05) is 30.3 Å². The van der Waals surface area contributed by atoms with Crippen molar-refractivity contribution in [3.05, 3.63) is 64.6 Å². The van der Waals surface area contributed by atoms with E-state index in [2.05, 4.69) is 0 Å². The molecule has 0 atom stereocenters. The topological polar surface area (TPSA) is 80.4 Å². The molecule has 0 aromatic heterocycles. The van der Waals surface area contributed by atoms with Crippen LogP contribution in [0.3, 0.4) is 0 Å². The number of rotatable bonds is 3. The van der Waals surface area contributed by atoms with Gasteiger partial charge in [0.25, 0.3) is 0 Å². The summed E-state index contributed by atoms with van der Waals surface area (Å²) in [5.74, 6) is -1.92. The van der Waals surface area contributed by atoms with Crippen LogP contribution in [0.2, 0.25) is 0 Å². The number of carbonyl (C=O) groups excluding carboxylic acids is 2. The Hall–Kier alpha value is -2.62. The van der Waals surface area contributed by atoms with Crippen molar-refractivity contribution in [1.29, 1.82) is 0 Å². The Morgan fingerprint density at radius 1 is 1.05 bits per heavy atom. The first-order chi connectivity index (χ1) is 9.93. The lowest BCUT2D eigenvalue weighted by Crippen LogP contribution is -2.30. The number of carbonyl (C=O) groups is 2. The lowest BCUT2D eigenvalue weighted by atomic mass is 9.86. The third-order valence-corrected chi connectivity index (χ3v) is 3.32. The Balaban J connectivity index is 2.46. The number of aliphatic hydroxyl groups excluding tert-OH is 1. The van der Waals surface area contributed by atoms with Gasteiger partial charge in [0.2, 0.25) is 11.6 Å². The predicted octanol–water partition coefficient (Wildman–Crippen LogP) is 2.53. The minimum atomic E-state index is -0.690. The molecule has 0 saturated carbocycles. The van der Waals surface area contributed by atoms with E-state index in [4.69, 9.17) is 5.73 Å².